The molecule has 3 nitrogen and oxygen atoms in total. The van der Waals surface area contributed by atoms with Crippen LogP contribution in [0.4, 0.5) is 0 Å². The lowest BCUT2D eigenvalue weighted by Gasteiger charge is -2.17. The average Bonchev–Trinajstić information content (AvgIpc) is 2.15. The Labute approximate surface area is 84.0 Å². The summed E-state index contributed by atoms with van der Waals surface area (Å²) in [6.07, 6.45) is 4.00. The molecule has 0 heterocycles. The molecule has 0 amide bonds. The van der Waals surface area contributed by atoms with Gasteiger partial charge in [0.15, 0.2) is 0 Å². The van der Waals surface area contributed by atoms with E-state index in [4.69, 9.17) is 5.14 Å². The fourth-order valence-corrected chi connectivity index (χ4v) is 2.86. The molecule has 0 atom stereocenters. The highest BCUT2D eigenvalue weighted by atomic mass is 32.2. The molecule has 14 heavy (non-hydrogen) atoms. The van der Waals surface area contributed by atoms with Crippen LogP contribution in [0.15, 0.2) is 23.1 Å². The smallest absolute Gasteiger partial charge is 0.225 e. The van der Waals surface area contributed by atoms with Crippen LogP contribution >= 0.6 is 0 Å². The van der Waals surface area contributed by atoms with Crippen molar-refractivity contribution in [3.63, 3.8) is 0 Å². The molecule has 0 saturated heterocycles. The Hall–Kier alpha value is -0.870. The second-order valence-electron chi connectivity index (χ2n) is 3.65. The van der Waals surface area contributed by atoms with Crippen LogP contribution in [0.3, 0.4) is 0 Å². The zero-order chi connectivity index (χ0) is 10.2. The van der Waals surface area contributed by atoms with Crippen LogP contribution in [0.2, 0.25) is 0 Å². The van der Waals surface area contributed by atoms with Crippen LogP contribution in [0, 0.1) is 0 Å². The van der Waals surface area contributed by atoms with Gasteiger partial charge >= 0.3 is 0 Å². The van der Waals surface area contributed by atoms with E-state index in [1.807, 2.05) is 6.07 Å². The summed E-state index contributed by atoms with van der Waals surface area (Å²) in [5.41, 5.74) is 2.07. The van der Waals surface area contributed by atoms with Gasteiger partial charge < -0.3 is 0 Å². The number of nitrogens with two attached hydrogens (primary N) is 1. The molecular formula is C10H13NO2S. The standard InChI is InChI=1S/C10H13NO2S/c11-14(12,13)10-7-3-5-8-4-1-2-6-9(8)10/h3,5,7H,1-2,4,6H2,(H2,11,12,13). The molecule has 2 rings (SSSR count). The van der Waals surface area contributed by atoms with Gasteiger partial charge in [0.2, 0.25) is 10.0 Å². The van der Waals surface area contributed by atoms with Crippen molar-refractivity contribution in [2.75, 3.05) is 0 Å². The van der Waals surface area contributed by atoms with Gasteiger partial charge in [0.05, 0.1) is 4.90 Å². The highest BCUT2D eigenvalue weighted by Crippen LogP contribution is 2.26. The van der Waals surface area contributed by atoms with Crippen molar-refractivity contribution in [2.45, 2.75) is 30.6 Å². The first-order valence-corrected chi connectivity index (χ1v) is 6.27. The van der Waals surface area contributed by atoms with Crippen LogP contribution < -0.4 is 5.14 Å². The van der Waals surface area contributed by atoms with Crippen molar-refractivity contribution >= 4 is 10.0 Å². The number of benzene rings is 1. The zero-order valence-corrected chi connectivity index (χ0v) is 8.68. The van der Waals surface area contributed by atoms with Crippen molar-refractivity contribution in [2.24, 2.45) is 5.14 Å². The van der Waals surface area contributed by atoms with Crippen molar-refractivity contribution in [1.29, 1.82) is 0 Å². The minimum Gasteiger partial charge on any atom is -0.225 e. The summed E-state index contributed by atoms with van der Waals surface area (Å²) < 4.78 is 22.6. The van der Waals surface area contributed by atoms with E-state index in [1.165, 1.54) is 0 Å². The van der Waals surface area contributed by atoms with Gasteiger partial charge in [-0.1, -0.05) is 12.1 Å². The van der Waals surface area contributed by atoms with Crippen LogP contribution in [0.5, 0.6) is 0 Å². The normalized spacial score (nSPS) is 16.4. The van der Waals surface area contributed by atoms with Crippen LogP contribution in [-0.2, 0) is 22.9 Å². The Kier molecular flexibility index (Phi) is 2.33. The van der Waals surface area contributed by atoms with Gasteiger partial charge in [-0.25, -0.2) is 13.6 Å². The van der Waals surface area contributed by atoms with Gasteiger partial charge in [0.1, 0.15) is 0 Å². The first-order chi connectivity index (χ1) is 6.59. The van der Waals surface area contributed by atoms with Crippen molar-refractivity contribution in [3.05, 3.63) is 29.3 Å². The second kappa shape index (κ2) is 3.37. The van der Waals surface area contributed by atoms with E-state index in [-0.39, 0.29) is 0 Å². The Bertz CT molecular complexity index is 451. The monoisotopic (exact) mass is 211 g/mol. The molecule has 0 aliphatic heterocycles. The fraction of sp³-hybridized carbons (Fsp3) is 0.400. The number of hydrogen-bond donors (Lipinski definition) is 1. The third-order valence-electron chi connectivity index (χ3n) is 2.66. The molecule has 76 valence electrons. The number of rotatable bonds is 1. The second-order valence-corrected chi connectivity index (χ2v) is 5.18. The maximum absolute atomic E-state index is 11.3. The third-order valence-corrected chi connectivity index (χ3v) is 3.66. The summed E-state index contributed by atoms with van der Waals surface area (Å²) >= 11 is 0. The lowest BCUT2D eigenvalue weighted by molar-refractivity contribution is 0.593. The lowest BCUT2D eigenvalue weighted by atomic mass is 9.92. The summed E-state index contributed by atoms with van der Waals surface area (Å²) in [6, 6.07) is 5.35. The maximum atomic E-state index is 11.3. The maximum Gasteiger partial charge on any atom is 0.238 e. The highest BCUT2D eigenvalue weighted by molar-refractivity contribution is 7.89. The Morgan fingerprint density at radius 1 is 1.14 bits per heavy atom. The number of sulfonamides is 1. The summed E-state index contributed by atoms with van der Waals surface area (Å²) in [4.78, 5) is 0.315. The molecule has 0 saturated carbocycles. The quantitative estimate of drug-likeness (QED) is 0.759. The molecular weight excluding hydrogens is 198 g/mol. The Morgan fingerprint density at radius 2 is 1.86 bits per heavy atom. The summed E-state index contributed by atoms with van der Waals surface area (Å²) in [7, 11) is -3.54. The Morgan fingerprint density at radius 3 is 2.57 bits per heavy atom. The number of primary sulfonamides is 1. The van der Waals surface area contributed by atoms with Crippen molar-refractivity contribution in [3.8, 4) is 0 Å². The molecule has 1 aliphatic carbocycles. The van der Waals surface area contributed by atoms with E-state index >= 15 is 0 Å². The summed E-state index contributed by atoms with van der Waals surface area (Å²) in [5.74, 6) is 0. The number of hydrogen-bond acceptors (Lipinski definition) is 2. The molecule has 0 spiro atoms. The van der Waals surface area contributed by atoms with Gasteiger partial charge in [-0.2, -0.15) is 0 Å². The molecule has 0 fully saturated rings. The van der Waals surface area contributed by atoms with Crippen molar-refractivity contribution < 1.29 is 8.42 Å². The molecule has 1 aliphatic rings. The van der Waals surface area contributed by atoms with E-state index in [1.54, 1.807) is 12.1 Å². The predicted octanol–water partition coefficient (Wildman–Crippen LogP) is 1.21. The van der Waals surface area contributed by atoms with E-state index in [2.05, 4.69) is 0 Å². The molecule has 0 unspecified atom stereocenters. The minimum atomic E-state index is -3.54. The van der Waals surface area contributed by atoms with Gasteiger partial charge in [-0.05, 0) is 42.9 Å². The largest absolute Gasteiger partial charge is 0.238 e. The molecule has 0 radical (unpaired) electrons. The topological polar surface area (TPSA) is 60.2 Å². The number of aryl methyl sites for hydroxylation is 1. The minimum absolute atomic E-state index is 0.315. The van der Waals surface area contributed by atoms with Gasteiger partial charge in [-0.3, -0.25) is 0 Å². The predicted molar refractivity (Wildman–Crippen MR) is 54.5 cm³/mol. The van der Waals surface area contributed by atoms with Gasteiger partial charge in [0.25, 0.3) is 0 Å². The lowest BCUT2D eigenvalue weighted by Crippen LogP contribution is -2.17. The Balaban J connectivity index is 2.62. The van der Waals surface area contributed by atoms with Crippen LogP contribution in [0.1, 0.15) is 24.0 Å². The molecule has 1 aromatic carbocycles. The van der Waals surface area contributed by atoms with Gasteiger partial charge in [-0.15, -0.1) is 0 Å². The third kappa shape index (κ3) is 1.67. The van der Waals surface area contributed by atoms with Gasteiger partial charge in [0, 0.05) is 0 Å². The number of fused-ring (bicyclic) bond motifs is 1. The van der Waals surface area contributed by atoms with Crippen molar-refractivity contribution in [1.82, 2.24) is 0 Å². The zero-order valence-electron chi connectivity index (χ0n) is 7.86. The molecule has 0 bridgehead atoms. The highest BCUT2D eigenvalue weighted by Gasteiger charge is 2.18. The van der Waals surface area contributed by atoms with Crippen LogP contribution in [0.25, 0.3) is 0 Å². The first-order valence-electron chi connectivity index (χ1n) is 4.72. The molecule has 2 N–H and O–H groups in total. The van der Waals surface area contributed by atoms with E-state index in [9.17, 15) is 8.42 Å². The molecule has 1 aromatic rings. The molecule has 4 heteroatoms. The fourth-order valence-electron chi connectivity index (χ4n) is 2.01. The SMILES string of the molecule is NS(=O)(=O)c1cccc2c1CCCC2. The van der Waals surface area contributed by atoms with E-state index in [0.29, 0.717) is 4.90 Å². The molecule has 0 aromatic heterocycles. The summed E-state index contributed by atoms with van der Waals surface area (Å²) in [6.45, 7) is 0. The average molecular weight is 211 g/mol. The first kappa shape index (κ1) is 9.68. The van der Waals surface area contributed by atoms with E-state index < -0.39 is 10.0 Å². The summed E-state index contributed by atoms with van der Waals surface area (Å²) in [5, 5.41) is 5.15. The van der Waals surface area contributed by atoms with Crippen LogP contribution in [-0.4, -0.2) is 8.42 Å². The van der Waals surface area contributed by atoms with E-state index in [0.717, 1.165) is 36.8 Å².